The molecule has 398 valence electrons. The predicted molar refractivity (Wildman–Crippen MR) is 331 cm³/mol. The van der Waals surface area contributed by atoms with Gasteiger partial charge in [0.15, 0.2) is 0 Å². The van der Waals surface area contributed by atoms with Crippen LogP contribution in [0.4, 0.5) is 38.5 Å². The summed E-state index contributed by atoms with van der Waals surface area (Å²) in [6.07, 6.45) is 0. The van der Waals surface area contributed by atoms with Crippen molar-refractivity contribution in [2.75, 3.05) is 9.80 Å². The summed E-state index contributed by atoms with van der Waals surface area (Å²) >= 11 is 13.4. The summed E-state index contributed by atoms with van der Waals surface area (Å²) < 4.78 is 21.9. The Morgan fingerprint density at radius 2 is 0.852 bits per heavy atom. The third kappa shape index (κ3) is 14.6. The molecule has 0 saturated carbocycles. The van der Waals surface area contributed by atoms with Crippen molar-refractivity contribution in [3.05, 3.63) is 276 Å². The van der Waals surface area contributed by atoms with E-state index < -0.39 is 0 Å². The van der Waals surface area contributed by atoms with Crippen LogP contribution in [0.5, 0.6) is 17.2 Å². The Morgan fingerprint density at radius 1 is 0.457 bits per heavy atom. The van der Waals surface area contributed by atoms with Gasteiger partial charge in [0, 0.05) is 53.9 Å². The van der Waals surface area contributed by atoms with Crippen molar-refractivity contribution in [2.45, 2.75) is 38.5 Å². The number of hydrogen-bond acceptors (Lipinski definition) is 7. The first-order chi connectivity index (χ1) is 38.1. The van der Waals surface area contributed by atoms with Crippen molar-refractivity contribution in [2.24, 2.45) is 0 Å². The summed E-state index contributed by atoms with van der Waals surface area (Å²) in [7, 11) is 0. The van der Waals surface area contributed by atoms with Gasteiger partial charge < -0.3 is 31.2 Å². The van der Waals surface area contributed by atoms with Gasteiger partial charge in [-0.05, 0) is 230 Å². The first-order valence-corrected chi connectivity index (χ1v) is 28.3. The molecule has 0 atom stereocenters. The van der Waals surface area contributed by atoms with Gasteiger partial charge in [0.05, 0.1) is 8.95 Å². The largest absolute Gasteiger partial charge is 1.00 e. The fourth-order valence-electron chi connectivity index (χ4n) is 10.2. The van der Waals surface area contributed by atoms with Crippen LogP contribution in [0, 0.1) is 5.82 Å². The number of benzene rings is 10. The van der Waals surface area contributed by atoms with Crippen LogP contribution < -0.4 is 123 Å². The Morgan fingerprint density at radius 3 is 1.26 bits per heavy atom. The average Bonchev–Trinajstić information content (AvgIpc) is 3.44. The molecule has 1 N–H and O–H groups in total. The van der Waals surface area contributed by atoms with Crippen LogP contribution in [0.1, 0.15) is 51.4 Å². The molecule has 0 amide bonds. The van der Waals surface area contributed by atoms with E-state index >= 15 is 0 Å². The van der Waals surface area contributed by atoms with Crippen LogP contribution >= 0.6 is 63.7 Å². The van der Waals surface area contributed by atoms with Gasteiger partial charge in [0.1, 0.15) is 23.1 Å². The van der Waals surface area contributed by atoms with Crippen LogP contribution in [-0.2, 0) is 20.5 Å². The number of nitrogens with zero attached hydrogens (tertiary/aromatic N) is 2. The molecule has 14 heteroatoms. The molecule has 0 unspecified atom stereocenters. The number of fused-ring (bicyclic) bond motifs is 6. The van der Waals surface area contributed by atoms with Crippen LogP contribution in [0.2, 0.25) is 0 Å². The van der Waals surface area contributed by atoms with Crippen molar-refractivity contribution in [1.82, 2.24) is 0 Å². The number of hydrogen-bond donors (Lipinski definition) is 1. The normalized spacial score (nSPS) is 12.2. The number of para-hydroxylation sites is 4. The van der Waals surface area contributed by atoms with Gasteiger partial charge in [0.25, 0.3) is 6.47 Å². The zero-order valence-corrected chi connectivity index (χ0v) is 58.0. The van der Waals surface area contributed by atoms with E-state index in [4.69, 9.17) is 14.8 Å². The van der Waals surface area contributed by atoms with E-state index in [9.17, 15) is 9.50 Å². The zero-order chi connectivity index (χ0) is 55.8. The number of carbonyl (C=O) groups excluding carboxylic acids is 1. The second kappa shape index (κ2) is 29.2. The van der Waals surface area contributed by atoms with Gasteiger partial charge >= 0.3 is 103 Å². The number of anilines is 6. The molecule has 2 aliphatic rings. The monoisotopic (exact) mass is 1380 g/mol. The molecule has 0 heterocycles. The third-order valence-electron chi connectivity index (χ3n) is 13.9. The van der Waals surface area contributed by atoms with Crippen molar-refractivity contribution < 1.29 is 133 Å². The van der Waals surface area contributed by atoms with Crippen LogP contribution in [0.25, 0.3) is 22.3 Å². The summed E-state index contributed by atoms with van der Waals surface area (Å²) in [5.74, 6) is 1.67. The summed E-state index contributed by atoms with van der Waals surface area (Å²) in [5, 5.41) is 18.5. The van der Waals surface area contributed by atoms with Crippen molar-refractivity contribution in [3.63, 3.8) is 0 Å². The van der Waals surface area contributed by atoms with Gasteiger partial charge in [-0.15, -0.1) is 0 Å². The van der Waals surface area contributed by atoms with E-state index in [0.29, 0.717) is 10.2 Å². The minimum absolute atomic E-state index is 0. The Balaban J connectivity index is 0.000000213. The summed E-state index contributed by atoms with van der Waals surface area (Å²) in [5.41, 5.74) is 16.5. The maximum absolute atomic E-state index is 12.5. The van der Waals surface area contributed by atoms with E-state index in [1.807, 2.05) is 36.4 Å². The molecule has 7 nitrogen and oxygen atoms in total. The van der Waals surface area contributed by atoms with E-state index in [1.165, 1.54) is 45.0 Å². The van der Waals surface area contributed by atoms with Crippen LogP contribution in [0.15, 0.2) is 248 Å². The molecule has 0 saturated heterocycles. The Kier molecular flexibility index (Phi) is 23.2. The van der Waals surface area contributed by atoms with E-state index in [2.05, 4.69) is 276 Å². The summed E-state index contributed by atoms with van der Waals surface area (Å²) in [6, 6.07) is 78.4. The van der Waals surface area contributed by atoms with Gasteiger partial charge in [0.2, 0.25) is 0 Å². The van der Waals surface area contributed by atoms with Crippen molar-refractivity contribution >= 4 is 104 Å². The Labute approximate surface area is 593 Å². The molecular formula is C67H53Br4FK2N2O5. The average molecular weight is 1380 g/mol. The molecule has 10 aromatic carbocycles. The Bertz CT molecular complexity index is 3680. The molecule has 0 fully saturated rings. The number of phenolic OH excluding ortho intramolecular Hbond substituents is 1. The van der Waals surface area contributed by atoms with Gasteiger partial charge in [-0.3, -0.25) is 4.79 Å². The van der Waals surface area contributed by atoms with Crippen LogP contribution in [-0.4, -0.2) is 11.6 Å². The summed E-state index contributed by atoms with van der Waals surface area (Å²) in [4.78, 5) is 15.9. The molecule has 10 aromatic rings. The molecular weight excluding hydrogens is 1330 g/mol. The van der Waals surface area contributed by atoms with E-state index in [-0.39, 0.29) is 127 Å². The van der Waals surface area contributed by atoms with Crippen LogP contribution in [0.3, 0.4) is 0 Å². The third-order valence-corrected chi connectivity index (χ3v) is 17.9. The molecule has 2 aliphatic carbocycles. The first-order valence-electron chi connectivity index (χ1n) is 25.1. The quantitative estimate of drug-likeness (QED) is 0.0507. The number of aromatic hydroxyl groups is 1. The molecule has 0 radical (unpaired) electrons. The molecule has 0 bridgehead atoms. The number of ether oxygens (including phenoxy) is 1. The first kappa shape index (κ1) is 64.5. The van der Waals surface area contributed by atoms with Crippen molar-refractivity contribution in [1.29, 1.82) is 0 Å². The van der Waals surface area contributed by atoms with E-state index in [0.717, 1.165) is 64.6 Å². The number of carbonyl (C=O) groups is 1. The number of halogens is 5. The van der Waals surface area contributed by atoms with Gasteiger partial charge in [-0.2, -0.15) is 0 Å². The molecule has 0 aliphatic heterocycles. The minimum Gasteiger partial charge on any atom is -1.00 e. The fraction of sp³-hybridized carbons (Fsp3) is 0.0896. The minimum atomic E-state index is -0.246. The summed E-state index contributed by atoms with van der Waals surface area (Å²) in [6.45, 7) is 8.95. The number of rotatable bonds is 9. The Hall–Kier alpha value is -4.05. The SMILES string of the molecule is CC1(C)c2ccc(O)cc2-c2ccc(N(c3ccccc3)c3ccccc3)cc21.CC1(C)c2ccc(Oc3cccc(Br)c3Br)cc2-c2ccc(N(c3ccccc3)c3ccccc3)cc21.Fc1cccc(Br)c1Br.O=CO[O-].[H-].[K+].[K+]. The smallest absolute Gasteiger partial charge is 1.00 e. The predicted octanol–water partition coefficient (Wildman–Crippen LogP) is 13.9. The molecule has 81 heavy (non-hydrogen) atoms. The maximum atomic E-state index is 12.5. The van der Waals surface area contributed by atoms with Gasteiger partial charge in [-0.1, -0.05) is 137 Å². The van der Waals surface area contributed by atoms with Gasteiger partial charge in [-0.25, -0.2) is 4.39 Å². The fourth-order valence-corrected chi connectivity index (χ4v) is 11.5. The van der Waals surface area contributed by atoms with Crippen molar-refractivity contribution in [3.8, 4) is 39.5 Å². The van der Waals surface area contributed by atoms with E-state index in [1.54, 1.807) is 18.2 Å². The molecule has 12 rings (SSSR count). The maximum Gasteiger partial charge on any atom is 1.00 e. The second-order valence-corrected chi connectivity index (χ2v) is 22.8. The zero-order valence-electron chi connectivity index (χ0n) is 46.4. The molecule has 0 spiro atoms. The second-order valence-electron chi connectivity index (χ2n) is 19.5. The standard InChI is InChI=1S/C33H25Br2NO.C27H23NO.C6H3Br2F.CH2O3.2K.H/c1-33(2)28-19-17-25(37-31-15-9-14-30(34)32(31)35)21-27(28)26-18-16-24(20-29(26)33)36(22-10-5-3-6-11-22)23-12-7-4-8-13-23;1-27(2)25-16-14-22(29)18-24(25)23-15-13-21(17-26(23)27)28(19-9-5-3-6-10-19)20-11-7-4-8-12-20;7-4-2-1-3-5(9)6(4)8;2-1-4-3;;;/h3-21H,1-2H3;3-18,29H,1-2H3;1-3H;1,3H;;;/q;;;;2*+1;-1/p-1. The topological polar surface area (TPSA) is 85.3 Å². The number of phenols is 1. The molecule has 0 aromatic heterocycles.